The van der Waals surface area contributed by atoms with Crippen molar-refractivity contribution in [2.75, 3.05) is 5.75 Å². The van der Waals surface area contributed by atoms with Gasteiger partial charge in [0.1, 0.15) is 0 Å². The fraction of sp³-hybridized carbons (Fsp3) is 0.462. The third-order valence-corrected chi connectivity index (χ3v) is 3.98. The number of thioether (sulfide) groups is 1. The minimum atomic E-state index is -0.840. The van der Waals surface area contributed by atoms with Gasteiger partial charge in [-0.15, -0.1) is 11.8 Å². The van der Waals surface area contributed by atoms with Gasteiger partial charge in [-0.25, -0.2) is 4.79 Å². The molecule has 1 aliphatic heterocycles. The molecule has 1 aromatic rings. The van der Waals surface area contributed by atoms with Crippen LogP contribution in [0.5, 0.6) is 0 Å². The van der Waals surface area contributed by atoms with Gasteiger partial charge >= 0.3 is 5.97 Å². The molecule has 0 aromatic heterocycles. The van der Waals surface area contributed by atoms with E-state index >= 15 is 0 Å². The first-order valence-corrected chi connectivity index (χ1v) is 6.71. The summed E-state index contributed by atoms with van der Waals surface area (Å²) in [6.45, 7) is 2.06. The molecule has 2 rings (SSSR count). The van der Waals surface area contributed by atoms with E-state index in [4.69, 9.17) is 9.84 Å². The van der Waals surface area contributed by atoms with E-state index in [0.29, 0.717) is 6.42 Å². The van der Waals surface area contributed by atoms with Crippen molar-refractivity contribution in [2.24, 2.45) is 0 Å². The molecular weight excluding hydrogens is 236 g/mol. The molecule has 2 unspecified atom stereocenters. The highest BCUT2D eigenvalue weighted by atomic mass is 32.2. The smallest absolute Gasteiger partial charge is 0.332 e. The van der Waals surface area contributed by atoms with Crippen LogP contribution in [-0.2, 0) is 9.53 Å². The van der Waals surface area contributed by atoms with Crippen LogP contribution in [0.15, 0.2) is 29.2 Å². The van der Waals surface area contributed by atoms with Crippen LogP contribution in [0.1, 0.15) is 18.4 Å². The van der Waals surface area contributed by atoms with E-state index in [9.17, 15) is 4.79 Å². The average Bonchev–Trinajstić information content (AvgIpc) is 2.77. The molecule has 1 fully saturated rings. The molecule has 3 nitrogen and oxygen atoms in total. The Morgan fingerprint density at radius 1 is 1.41 bits per heavy atom. The number of rotatable bonds is 4. The number of benzene rings is 1. The van der Waals surface area contributed by atoms with Crippen LogP contribution < -0.4 is 0 Å². The van der Waals surface area contributed by atoms with Crippen molar-refractivity contribution < 1.29 is 14.6 Å². The summed E-state index contributed by atoms with van der Waals surface area (Å²) in [4.78, 5) is 11.9. The third kappa shape index (κ3) is 3.48. The van der Waals surface area contributed by atoms with Crippen LogP contribution in [0.2, 0.25) is 0 Å². The summed E-state index contributed by atoms with van der Waals surface area (Å²) in [6.07, 6.45) is 0.950. The second-order valence-corrected chi connectivity index (χ2v) is 5.38. The third-order valence-electron chi connectivity index (χ3n) is 2.84. The van der Waals surface area contributed by atoms with Crippen molar-refractivity contribution in [1.29, 1.82) is 0 Å². The molecular formula is C13H16O3S. The first-order valence-electron chi connectivity index (χ1n) is 5.73. The zero-order valence-electron chi connectivity index (χ0n) is 9.76. The number of carboxylic acids is 1. The lowest BCUT2D eigenvalue weighted by Crippen LogP contribution is -2.21. The highest BCUT2D eigenvalue weighted by molar-refractivity contribution is 7.99. The zero-order valence-corrected chi connectivity index (χ0v) is 10.6. The largest absolute Gasteiger partial charge is 0.479 e. The van der Waals surface area contributed by atoms with E-state index < -0.39 is 12.1 Å². The lowest BCUT2D eigenvalue weighted by Gasteiger charge is -2.10. The number of ether oxygens (including phenoxy) is 1. The summed E-state index contributed by atoms with van der Waals surface area (Å²) in [5, 5.41) is 8.82. The predicted octanol–water partition coefficient (Wildman–Crippen LogP) is 2.72. The molecule has 0 saturated carbocycles. The van der Waals surface area contributed by atoms with Gasteiger partial charge in [-0.1, -0.05) is 17.7 Å². The van der Waals surface area contributed by atoms with E-state index in [1.165, 1.54) is 10.5 Å². The quantitative estimate of drug-likeness (QED) is 0.837. The molecule has 0 spiro atoms. The highest BCUT2D eigenvalue weighted by Gasteiger charge is 2.30. The number of carboxylic acid groups (broad SMARTS) is 1. The molecule has 1 heterocycles. The van der Waals surface area contributed by atoms with Gasteiger partial charge in [0.2, 0.25) is 0 Å². The van der Waals surface area contributed by atoms with Crippen molar-refractivity contribution in [2.45, 2.75) is 36.9 Å². The van der Waals surface area contributed by atoms with Gasteiger partial charge in [0.05, 0.1) is 6.10 Å². The molecule has 0 amide bonds. The Balaban J connectivity index is 1.80. The first kappa shape index (κ1) is 12.5. The summed E-state index contributed by atoms with van der Waals surface area (Å²) >= 11 is 1.72. The summed E-state index contributed by atoms with van der Waals surface area (Å²) in [5.74, 6) is -0.0137. The first-order chi connectivity index (χ1) is 8.15. The summed E-state index contributed by atoms with van der Waals surface area (Å²) in [6, 6.07) is 8.34. The number of aliphatic carboxylic acids is 1. The maximum absolute atomic E-state index is 10.7. The number of carbonyl (C=O) groups is 1. The van der Waals surface area contributed by atoms with E-state index in [2.05, 4.69) is 31.2 Å². The SMILES string of the molecule is Cc1ccc(SCC2CCC(C(=O)O)O2)cc1. The fourth-order valence-corrected chi connectivity index (χ4v) is 2.79. The molecule has 1 saturated heterocycles. The number of hydrogen-bond acceptors (Lipinski definition) is 3. The Hall–Kier alpha value is -1.00. The highest BCUT2D eigenvalue weighted by Crippen LogP contribution is 2.26. The maximum Gasteiger partial charge on any atom is 0.332 e. The van der Waals surface area contributed by atoms with Gasteiger partial charge in [0, 0.05) is 10.6 Å². The molecule has 1 N–H and O–H groups in total. The number of aryl methyl sites for hydroxylation is 1. The normalized spacial score (nSPS) is 23.8. The second kappa shape index (κ2) is 5.56. The van der Waals surface area contributed by atoms with E-state index in [1.807, 2.05) is 0 Å². The zero-order chi connectivity index (χ0) is 12.3. The Morgan fingerprint density at radius 2 is 2.12 bits per heavy atom. The van der Waals surface area contributed by atoms with Crippen molar-refractivity contribution in [3.05, 3.63) is 29.8 Å². The van der Waals surface area contributed by atoms with Gasteiger partial charge in [-0.2, -0.15) is 0 Å². The Bertz CT molecular complexity index is 388. The van der Waals surface area contributed by atoms with Crippen LogP contribution in [0.4, 0.5) is 0 Å². The van der Waals surface area contributed by atoms with Crippen molar-refractivity contribution >= 4 is 17.7 Å². The van der Waals surface area contributed by atoms with Gasteiger partial charge in [0.25, 0.3) is 0 Å². The Morgan fingerprint density at radius 3 is 2.71 bits per heavy atom. The summed E-state index contributed by atoms with van der Waals surface area (Å²) in [5.41, 5.74) is 1.25. The standard InChI is InChI=1S/C13H16O3S/c1-9-2-5-11(6-3-9)17-8-10-4-7-12(16-10)13(14)15/h2-3,5-6,10,12H,4,7-8H2,1H3,(H,14,15). The lowest BCUT2D eigenvalue weighted by atomic mass is 10.2. The van der Waals surface area contributed by atoms with Crippen LogP contribution in [0.25, 0.3) is 0 Å². The summed E-state index contributed by atoms with van der Waals surface area (Å²) < 4.78 is 5.45. The Labute approximate surface area is 105 Å². The molecule has 0 bridgehead atoms. The second-order valence-electron chi connectivity index (χ2n) is 4.29. The molecule has 2 atom stereocenters. The summed E-state index contributed by atoms with van der Waals surface area (Å²) in [7, 11) is 0. The lowest BCUT2D eigenvalue weighted by molar-refractivity contribution is -0.148. The monoisotopic (exact) mass is 252 g/mol. The maximum atomic E-state index is 10.7. The average molecular weight is 252 g/mol. The molecule has 17 heavy (non-hydrogen) atoms. The Kier molecular flexibility index (Phi) is 4.07. The topological polar surface area (TPSA) is 46.5 Å². The van der Waals surface area contributed by atoms with Crippen LogP contribution in [0, 0.1) is 6.92 Å². The van der Waals surface area contributed by atoms with Gasteiger partial charge < -0.3 is 9.84 Å². The van der Waals surface area contributed by atoms with Crippen molar-refractivity contribution in [3.63, 3.8) is 0 Å². The van der Waals surface area contributed by atoms with Crippen molar-refractivity contribution in [1.82, 2.24) is 0 Å². The minimum Gasteiger partial charge on any atom is -0.479 e. The van der Waals surface area contributed by atoms with Crippen LogP contribution >= 0.6 is 11.8 Å². The molecule has 92 valence electrons. The fourth-order valence-electron chi connectivity index (χ4n) is 1.83. The van der Waals surface area contributed by atoms with Crippen molar-refractivity contribution in [3.8, 4) is 0 Å². The minimum absolute atomic E-state index is 0.0717. The predicted molar refractivity (Wildman–Crippen MR) is 67.4 cm³/mol. The molecule has 0 radical (unpaired) electrons. The van der Waals surface area contributed by atoms with Crippen LogP contribution in [0.3, 0.4) is 0 Å². The van der Waals surface area contributed by atoms with Crippen LogP contribution in [-0.4, -0.2) is 29.0 Å². The van der Waals surface area contributed by atoms with Gasteiger partial charge in [-0.3, -0.25) is 0 Å². The van der Waals surface area contributed by atoms with E-state index in [0.717, 1.165) is 12.2 Å². The van der Waals surface area contributed by atoms with E-state index in [1.54, 1.807) is 11.8 Å². The van der Waals surface area contributed by atoms with Gasteiger partial charge in [0.15, 0.2) is 6.10 Å². The molecule has 4 heteroatoms. The van der Waals surface area contributed by atoms with E-state index in [-0.39, 0.29) is 6.10 Å². The molecule has 1 aliphatic rings. The van der Waals surface area contributed by atoms with Gasteiger partial charge in [-0.05, 0) is 31.9 Å². The number of hydrogen-bond donors (Lipinski definition) is 1. The molecule has 0 aliphatic carbocycles. The molecule has 1 aromatic carbocycles.